The molecule has 4 rings (SSSR count). The zero-order valence-electron chi connectivity index (χ0n) is 18.2. The molecule has 0 radical (unpaired) electrons. The van der Waals surface area contributed by atoms with Gasteiger partial charge in [-0.1, -0.05) is 0 Å². The van der Waals surface area contributed by atoms with Gasteiger partial charge in [0.2, 0.25) is 16.0 Å². The third-order valence-corrected chi connectivity index (χ3v) is 8.05. The van der Waals surface area contributed by atoms with Crippen molar-refractivity contribution >= 4 is 37.6 Å². The second-order valence-corrected chi connectivity index (χ2v) is 11.6. The molecule has 2 aromatic rings. The minimum Gasteiger partial charge on any atom is -0.338 e. The van der Waals surface area contributed by atoms with Crippen LogP contribution in [0.5, 0.6) is 0 Å². The molecule has 178 valence electrons. The molecule has 1 aromatic carbocycles. The average Bonchev–Trinajstić information content (AvgIpc) is 2.96. The van der Waals surface area contributed by atoms with Crippen LogP contribution in [0.4, 0.5) is 11.6 Å². The van der Waals surface area contributed by atoms with E-state index in [2.05, 4.69) is 24.5 Å². The van der Waals surface area contributed by atoms with Crippen molar-refractivity contribution in [2.24, 2.45) is 0 Å². The molecule has 33 heavy (non-hydrogen) atoms. The number of fused-ring (bicyclic) bond motifs is 1. The van der Waals surface area contributed by atoms with Crippen LogP contribution in [0, 0.1) is 0 Å². The summed E-state index contributed by atoms with van der Waals surface area (Å²) in [5, 5.41) is 0. The van der Waals surface area contributed by atoms with Crippen molar-refractivity contribution in [3.05, 3.63) is 42.2 Å². The molecule has 0 atom stereocenters. The van der Waals surface area contributed by atoms with Gasteiger partial charge in [0.05, 0.1) is 11.8 Å². The van der Waals surface area contributed by atoms with Crippen molar-refractivity contribution in [3.63, 3.8) is 0 Å². The SMILES string of the molecule is CS(=O)(=O)Nc1ccc2c(c1)C(=O)N(CCCCN1CCN(c3ncccn3)CC1)S2(=O)=O. The number of rotatable bonds is 8. The van der Waals surface area contributed by atoms with E-state index in [0.717, 1.165) is 55.7 Å². The number of benzene rings is 1. The highest BCUT2D eigenvalue weighted by atomic mass is 32.2. The predicted octanol–water partition coefficient (Wildman–Crippen LogP) is 0.595. The Balaban J connectivity index is 1.29. The number of unbranched alkanes of at least 4 members (excludes halogenated alkanes) is 1. The van der Waals surface area contributed by atoms with E-state index in [9.17, 15) is 21.6 Å². The fourth-order valence-electron chi connectivity index (χ4n) is 4.00. The van der Waals surface area contributed by atoms with Crippen LogP contribution < -0.4 is 9.62 Å². The van der Waals surface area contributed by atoms with Gasteiger partial charge in [0.1, 0.15) is 4.90 Å². The molecule has 1 aromatic heterocycles. The molecule has 1 amide bonds. The lowest BCUT2D eigenvalue weighted by Crippen LogP contribution is -2.47. The molecule has 2 aliphatic heterocycles. The Bertz CT molecular complexity index is 1230. The number of sulfonamides is 2. The van der Waals surface area contributed by atoms with Crippen LogP contribution in [-0.2, 0) is 20.0 Å². The van der Waals surface area contributed by atoms with Gasteiger partial charge in [-0.2, -0.15) is 0 Å². The fraction of sp³-hybridized carbons (Fsp3) is 0.450. The first-order chi connectivity index (χ1) is 15.6. The van der Waals surface area contributed by atoms with Crippen LogP contribution >= 0.6 is 0 Å². The zero-order chi connectivity index (χ0) is 23.6. The van der Waals surface area contributed by atoms with Crippen molar-refractivity contribution in [2.75, 3.05) is 55.1 Å². The molecular formula is C20H26N6O5S2. The highest BCUT2D eigenvalue weighted by molar-refractivity contribution is 7.92. The van der Waals surface area contributed by atoms with E-state index in [4.69, 9.17) is 0 Å². The fourth-order valence-corrected chi connectivity index (χ4v) is 6.14. The van der Waals surface area contributed by atoms with Crippen LogP contribution in [0.1, 0.15) is 23.2 Å². The maximum absolute atomic E-state index is 12.8. The van der Waals surface area contributed by atoms with Gasteiger partial charge in [0.25, 0.3) is 15.9 Å². The first kappa shape index (κ1) is 23.4. The van der Waals surface area contributed by atoms with E-state index in [1.807, 2.05) is 0 Å². The lowest BCUT2D eigenvalue weighted by atomic mass is 10.2. The number of anilines is 2. The van der Waals surface area contributed by atoms with Gasteiger partial charge < -0.3 is 4.90 Å². The third kappa shape index (κ3) is 5.25. The van der Waals surface area contributed by atoms with E-state index >= 15 is 0 Å². The normalized spacial score (nSPS) is 18.4. The van der Waals surface area contributed by atoms with Crippen molar-refractivity contribution in [2.45, 2.75) is 17.7 Å². The summed E-state index contributed by atoms with van der Waals surface area (Å²) >= 11 is 0. The molecule has 0 saturated carbocycles. The number of carbonyl (C=O) groups is 1. The highest BCUT2D eigenvalue weighted by Gasteiger charge is 2.40. The van der Waals surface area contributed by atoms with Crippen LogP contribution in [0.3, 0.4) is 0 Å². The number of hydrogen-bond acceptors (Lipinski definition) is 9. The van der Waals surface area contributed by atoms with Gasteiger partial charge in [0, 0.05) is 50.8 Å². The molecule has 0 spiro atoms. The highest BCUT2D eigenvalue weighted by Crippen LogP contribution is 2.32. The van der Waals surface area contributed by atoms with E-state index in [1.165, 1.54) is 18.2 Å². The van der Waals surface area contributed by atoms with Crippen LogP contribution in [0.2, 0.25) is 0 Å². The maximum atomic E-state index is 12.8. The first-order valence-corrected chi connectivity index (χ1v) is 13.9. The van der Waals surface area contributed by atoms with E-state index in [0.29, 0.717) is 6.42 Å². The van der Waals surface area contributed by atoms with Crippen LogP contribution in [0.25, 0.3) is 0 Å². The molecular weight excluding hydrogens is 468 g/mol. The van der Waals surface area contributed by atoms with Crippen molar-refractivity contribution in [1.29, 1.82) is 0 Å². The number of nitrogens with one attached hydrogen (secondary N) is 1. The standard InChI is InChI=1S/C20H26N6O5S2/c1-32(28,29)23-16-5-6-18-17(15-16)19(27)26(33(18,30)31)10-3-2-9-24-11-13-25(14-12-24)20-21-7-4-8-22-20/h4-8,15,23H,2-3,9-14H2,1H3. The van der Waals surface area contributed by atoms with Crippen LogP contribution in [-0.4, -0.2) is 87.4 Å². The lowest BCUT2D eigenvalue weighted by molar-refractivity contribution is 0.0868. The van der Waals surface area contributed by atoms with Gasteiger partial charge in [0.15, 0.2) is 0 Å². The number of nitrogens with zero attached hydrogens (tertiary/aromatic N) is 5. The van der Waals surface area contributed by atoms with E-state index in [-0.39, 0.29) is 22.7 Å². The number of hydrogen-bond donors (Lipinski definition) is 1. The summed E-state index contributed by atoms with van der Waals surface area (Å²) in [6.45, 7) is 4.26. The molecule has 1 N–H and O–H groups in total. The van der Waals surface area contributed by atoms with Gasteiger partial charge >= 0.3 is 0 Å². The molecule has 0 aliphatic carbocycles. The molecule has 11 nitrogen and oxygen atoms in total. The molecule has 2 aliphatic rings. The monoisotopic (exact) mass is 494 g/mol. The summed E-state index contributed by atoms with van der Waals surface area (Å²) in [5.74, 6) is 0.1000. The van der Waals surface area contributed by atoms with Crippen LogP contribution in [0.15, 0.2) is 41.6 Å². The topological polar surface area (TPSA) is 133 Å². The number of piperazine rings is 1. The van der Waals surface area contributed by atoms with E-state index < -0.39 is 26.0 Å². The average molecular weight is 495 g/mol. The minimum atomic E-state index is -3.93. The van der Waals surface area contributed by atoms with Gasteiger partial charge in [-0.3, -0.25) is 14.4 Å². The van der Waals surface area contributed by atoms with E-state index in [1.54, 1.807) is 18.5 Å². The summed E-state index contributed by atoms with van der Waals surface area (Å²) in [6, 6.07) is 5.67. The molecule has 1 saturated heterocycles. The number of aromatic nitrogens is 2. The summed E-state index contributed by atoms with van der Waals surface area (Å²) in [4.78, 5) is 25.6. The maximum Gasteiger partial charge on any atom is 0.269 e. The Morgan fingerprint density at radius 1 is 1.03 bits per heavy atom. The van der Waals surface area contributed by atoms with Gasteiger partial charge in [-0.25, -0.2) is 31.1 Å². The molecule has 0 unspecified atom stereocenters. The predicted molar refractivity (Wildman–Crippen MR) is 123 cm³/mol. The lowest BCUT2D eigenvalue weighted by Gasteiger charge is -2.34. The molecule has 0 bridgehead atoms. The molecule has 1 fully saturated rings. The number of amides is 1. The zero-order valence-corrected chi connectivity index (χ0v) is 19.8. The summed E-state index contributed by atoms with van der Waals surface area (Å²) in [5.41, 5.74) is 0.143. The van der Waals surface area contributed by atoms with Crippen molar-refractivity contribution in [3.8, 4) is 0 Å². The van der Waals surface area contributed by atoms with Gasteiger partial charge in [-0.15, -0.1) is 0 Å². The third-order valence-electron chi connectivity index (χ3n) is 5.60. The Labute approximate surface area is 193 Å². The smallest absolute Gasteiger partial charge is 0.269 e. The first-order valence-electron chi connectivity index (χ1n) is 10.6. The van der Waals surface area contributed by atoms with Crippen molar-refractivity contribution < 1.29 is 21.6 Å². The van der Waals surface area contributed by atoms with Crippen molar-refractivity contribution in [1.82, 2.24) is 19.2 Å². The molecule has 13 heteroatoms. The second-order valence-electron chi connectivity index (χ2n) is 8.05. The Morgan fingerprint density at radius 2 is 1.70 bits per heavy atom. The second kappa shape index (κ2) is 9.23. The quantitative estimate of drug-likeness (QED) is 0.524. The summed E-state index contributed by atoms with van der Waals surface area (Å²) in [6.07, 6.45) is 5.72. The number of carbonyl (C=O) groups excluding carboxylic acids is 1. The minimum absolute atomic E-state index is 0.0112. The Kier molecular flexibility index (Phi) is 6.54. The van der Waals surface area contributed by atoms with Gasteiger partial charge in [-0.05, 0) is 43.7 Å². The summed E-state index contributed by atoms with van der Waals surface area (Å²) in [7, 11) is -7.47. The summed E-state index contributed by atoms with van der Waals surface area (Å²) < 4.78 is 51.6. The Hall–Kier alpha value is -2.77. The molecule has 3 heterocycles. The Morgan fingerprint density at radius 3 is 2.36 bits per heavy atom. The largest absolute Gasteiger partial charge is 0.338 e.